The molecule has 3 heteroatoms. The van der Waals surface area contributed by atoms with Gasteiger partial charge in [0.05, 0.1) is 6.10 Å². The van der Waals surface area contributed by atoms with Crippen LogP contribution in [0.15, 0.2) is 18.3 Å². The molecule has 0 fully saturated rings. The molecule has 13 heavy (non-hydrogen) atoms. The zero-order chi connectivity index (χ0) is 9.68. The van der Waals surface area contributed by atoms with E-state index in [4.69, 9.17) is 10.00 Å². The topological polar surface area (TPSA) is 45.9 Å². The first-order chi connectivity index (χ1) is 6.27. The van der Waals surface area contributed by atoms with Crippen LogP contribution in [0.5, 0.6) is 5.75 Å². The standard InChI is InChI=1S/C10H12N2O/c1-3-8(2)13-10-5-4-6-12-9(10)7-11/h4-6,8H,3H2,1-2H3. The Balaban J connectivity index is 2.82. The zero-order valence-electron chi connectivity index (χ0n) is 7.82. The van der Waals surface area contributed by atoms with Crippen LogP contribution in [0.2, 0.25) is 0 Å². The van der Waals surface area contributed by atoms with Gasteiger partial charge in [0.2, 0.25) is 0 Å². The first-order valence-electron chi connectivity index (χ1n) is 4.29. The maximum atomic E-state index is 8.71. The number of rotatable bonds is 3. The van der Waals surface area contributed by atoms with Crippen LogP contribution in [0.3, 0.4) is 0 Å². The quantitative estimate of drug-likeness (QED) is 0.708. The lowest BCUT2D eigenvalue weighted by Gasteiger charge is -2.12. The number of ether oxygens (including phenoxy) is 1. The van der Waals surface area contributed by atoms with E-state index in [1.807, 2.05) is 19.9 Å². The molecule has 0 radical (unpaired) electrons. The first kappa shape index (κ1) is 9.53. The van der Waals surface area contributed by atoms with E-state index in [-0.39, 0.29) is 6.10 Å². The van der Waals surface area contributed by atoms with Crippen LogP contribution in [-0.4, -0.2) is 11.1 Å². The largest absolute Gasteiger partial charge is 0.488 e. The van der Waals surface area contributed by atoms with Crippen LogP contribution >= 0.6 is 0 Å². The van der Waals surface area contributed by atoms with Crippen molar-refractivity contribution in [1.82, 2.24) is 4.98 Å². The summed E-state index contributed by atoms with van der Waals surface area (Å²) in [4.78, 5) is 3.90. The highest BCUT2D eigenvalue weighted by atomic mass is 16.5. The van der Waals surface area contributed by atoms with Crippen molar-refractivity contribution in [3.63, 3.8) is 0 Å². The van der Waals surface area contributed by atoms with Gasteiger partial charge >= 0.3 is 0 Å². The molecular weight excluding hydrogens is 164 g/mol. The highest BCUT2D eigenvalue weighted by molar-refractivity contribution is 5.36. The summed E-state index contributed by atoms with van der Waals surface area (Å²) in [6, 6.07) is 5.51. The van der Waals surface area contributed by atoms with E-state index < -0.39 is 0 Å². The van der Waals surface area contributed by atoms with Crippen molar-refractivity contribution in [2.24, 2.45) is 0 Å². The normalized spacial score (nSPS) is 11.8. The molecule has 0 aliphatic heterocycles. The third-order valence-corrected chi connectivity index (χ3v) is 1.78. The lowest BCUT2D eigenvalue weighted by atomic mass is 10.3. The summed E-state index contributed by atoms with van der Waals surface area (Å²) >= 11 is 0. The van der Waals surface area contributed by atoms with Gasteiger partial charge in [-0.25, -0.2) is 4.98 Å². The van der Waals surface area contributed by atoms with Gasteiger partial charge in [0, 0.05) is 6.20 Å². The van der Waals surface area contributed by atoms with Crippen LogP contribution in [0.4, 0.5) is 0 Å². The summed E-state index contributed by atoms with van der Waals surface area (Å²) in [6.45, 7) is 4.00. The second-order valence-electron chi connectivity index (χ2n) is 2.80. The van der Waals surface area contributed by atoms with Crippen molar-refractivity contribution < 1.29 is 4.74 Å². The van der Waals surface area contributed by atoms with Gasteiger partial charge in [-0.05, 0) is 25.5 Å². The molecule has 1 aromatic heterocycles. The van der Waals surface area contributed by atoms with E-state index in [0.717, 1.165) is 6.42 Å². The van der Waals surface area contributed by atoms with E-state index in [9.17, 15) is 0 Å². The van der Waals surface area contributed by atoms with Gasteiger partial charge in [-0.1, -0.05) is 6.92 Å². The molecule has 0 aliphatic carbocycles. The Morgan fingerprint density at radius 2 is 2.46 bits per heavy atom. The minimum absolute atomic E-state index is 0.122. The predicted molar refractivity (Wildman–Crippen MR) is 49.3 cm³/mol. The molecule has 1 heterocycles. The predicted octanol–water partition coefficient (Wildman–Crippen LogP) is 2.13. The molecule has 0 aromatic carbocycles. The Morgan fingerprint density at radius 1 is 1.69 bits per heavy atom. The highest BCUT2D eigenvalue weighted by Gasteiger charge is 2.06. The number of pyridine rings is 1. The van der Waals surface area contributed by atoms with Crippen molar-refractivity contribution in [3.8, 4) is 11.8 Å². The third kappa shape index (κ3) is 2.45. The van der Waals surface area contributed by atoms with Gasteiger partial charge in [-0.15, -0.1) is 0 Å². The second-order valence-corrected chi connectivity index (χ2v) is 2.80. The average Bonchev–Trinajstić information content (AvgIpc) is 2.18. The van der Waals surface area contributed by atoms with E-state index in [2.05, 4.69) is 4.98 Å². The van der Waals surface area contributed by atoms with Gasteiger partial charge < -0.3 is 4.74 Å². The molecular formula is C10H12N2O. The van der Waals surface area contributed by atoms with Gasteiger partial charge in [-0.2, -0.15) is 5.26 Å². The maximum absolute atomic E-state index is 8.71. The maximum Gasteiger partial charge on any atom is 0.182 e. The molecule has 1 unspecified atom stereocenters. The lowest BCUT2D eigenvalue weighted by molar-refractivity contribution is 0.216. The Morgan fingerprint density at radius 3 is 3.08 bits per heavy atom. The zero-order valence-corrected chi connectivity index (χ0v) is 7.82. The van der Waals surface area contributed by atoms with Crippen molar-refractivity contribution in [2.45, 2.75) is 26.4 Å². The number of hydrogen-bond acceptors (Lipinski definition) is 3. The minimum Gasteiger partial charge on any atom is -0.488 e. The first-order valence-corrected chi connectivity index (χ1v) is 4.29. The number of hydrogen-bond donors (Lipinski definition) is 0. The van der Waals surface area contributed by atoms with Crippen molar-refractivity contribution in [3.05, 3.63) is 24.0 Å². The van der Waals surface area contributed by atoms with Crippen molar-refractivity contribution in [1.29, 1.82) is 5.26 Å². The molecule has 0 amide bonds. The van der Waals surface area contributed by atoms with E-state index in [1.54, 1.807) is 18.3 Å². The van der Waals surface area contributed by atoms with Crippen LogP contribution in [0.1, 0.15) is 26.0 Å². The number of aromatic nitrogens is 1. The Kier molecular flexibility index (Phi) is 3.27. The fourth-order valence-electron chi connectivity index (χ4n) is 0.870. The lowest BCUT2D eigenvalue weighted by Crippen LogP contribution is -2.10. The van der Waals surface area contributed by atoms with Gasteiger partial charge in [-0.3, -0.25) is 0 Å². The Labute approximate surface area is 78.0 Å². The summed E-state index contributed by atoms with van der Waals surface area (Å²) in [5.41, 5.74) is 0.350. The molecule has 0 N–H and O–H groups in total. The molecule has 0 saturated carbocycles. The fraction of sp³-hybridized carbons (Fsp3) is 0.400. The summed E-state index contributed by atoms with van der Waals surface area (Å²) < 4.78 is 5.50. The Bertz CT molecular complexity index is 317. The van der Waals surface area contributed by atoms with Crippen LogP contribution in [0, 0.1) is 11.3 Å². The molecule has 0 aliphatic rings. The van der Waals surface area contributed by atoms with Gasteiger partial charge in [0.25, 0.3) is 0 Å². The fourth-order valence-corrected chi connectivity index (χ4v) is 0.870. The SMILES string of the molecule is CCC(C)Oc1cccnc1C#N. The molecule has 3 nitrogen and oxygen atoms in total. The van der Waals surface area contributed by atoms with Gasteiger partial charge in [0.1, 0.15) is 6.07 Å². The molecule has 68 valence electrons. The highest BCUT2D eigenvalue weighted by Crippen LogP contribution is 2.16. The molecule has 1 rings (SSSR count). The Hall–Kier alpha value is -1.56. The summed E-state index contributed by atoms with van der Waals surface area (Å²) in [6.07, 6.45) is 2.62. The van der Waals surface area contributed by atoms with Crippen molar-refractivity contribution in [2.75, 3.05) is 0 Å². The van der Waals surface area contributed by atoms with E-state index in [0.29, 0.717) is 11.4 Å². The molecule has 0 saturated heterocycles. The average molecular weight is 176 g/mol. The van der Waals surface area contributed by atoms with Crippen LogP contribution in [0.25, 0.3) is 0 Å². The van der Waals surface area contributed by atoms with Crippen molar-refractivity contribution >= 4 is 0 Å². The molecule has 0 bridgehead atoms. The summed E-state index contributed by atoms with van der Waals surface area (Å²) in [7, 11) is 0. The molecule has 1 atom stereocenters. The molecule has 0 spiro atoms. The van der Waals surface area contributed by atoms with Gasteiger partial charge in [0.15, 0.2) is 11.4 Å². The van der Waals surface area contributed by atoms with E-state index in [1.165, 1.54) is 0 Å². The smallest absolute Gasteiger partial charge is 0.182 e. The number of nitrogens with zero attached hydrogens (tertiary/aromatic N) is 2. The van der Waals surface area contributed by atoms with E-state index >= 15 is 0 Å². The summed E-state index contributed by atoms with van der Waals surface area (Å²) in [5.74, 6) is 0.569. The van der Waals surface area contributed by atoms with Crippen LogP contribution in [-0.2, 0) is 0 Å². The monoisotopic (exact) mass is 176 g/mol. The van der Waals surface area contributed by atoms with Crippen LogP contribution < -0.4 is 4.74 Å². The number of nitriles is 1. The minimum atomic E-state index is 0.122. The second kappa shape index (κ2) is 4.46. The third-order valence-electron chi connectivity index (χ3n) is 1.78. The molecule has 1 aromatic rings. The summed E-state index contributed by atoms with van der Waals surface area (Å²) in [5, 5.41) is 8.71.